The van der Waals surface area contributed by atoms with Gasteiger partial charge in [0.25, 0.3) is 0 Å². The molecule has 5 aromatic carbocycles. The first-order valence-corrected chi connectivity index (χ1v) is 12.2. The highest BCUT2D eigenvalue weighted by Crippen LogP contribution is 2.56. The average Bonchev–Trinajstić information content (AvgIpc) is 2.94. The van der Waals surface area contributed by atoms with Crippen molar-refractivity contribution in [2.75, 3.05) is 9.80 Å². The fourth-order valence-electron chi connectivity index (χ4n) is 5.61. The third kappa shape index (κ3) is 3.06. The second-order valence-corrected chi connectivity index (χ2v) is 9.41. The van der Waals surface area contributed by atoms with E-state index >= 15 is 17.6 Å². The largest absolute Gasteiger partial charge is 0.309 e. The molecule has 2 heterocycles. The van der Waals surface area contributed by atoms with E-state index < -0.39 is 11.8 Å². The van der Waals surface area contributed by atoms with Crippen molar-refractivity contribution in [3.05, 3.63) is 144 Å². The van der Waals surface area contributed by atoms with Crippen molar-refractivity contribution in [1.29, 1.82) is 0 Å². The minimum atomic E-state index is -3.16. The Morgan fingerprint density at radius 1 is 0.368 bits per heavy atom. The molecule has 0 saturated carbocycles. The highest BCUT2D eigenvalue weighted by Gasteiger charge is 2.46. The van der Waals surface area contributed by atoms with Crippen molar-refractivity contribution in [3.8, 4) is 0 Å². The number of anilines is 6. The van der Waals surface area contributed by atoms with Crippen molar-refractivity contribution < 1.29 is 17.6 Å². The number of hydrogen-bond donors (Lipinski definition) is 0. The zero-order valence-corrected chi connectivity index (χ0v) is 20.0. The summed E-state index contributed by atoms with van der Waals surface area (Å²) >= 11 is 0. The normalized spacial score (nSPS) is 16.2. The maximum absolute atomic E-state index is 15.5. The number of hydrogen-bond acceptors (Lipinski definition) is 2. The first-order chi connectivity index (χ1) is 18.4. The first kappa shape index (κ1) is 22.6. The van der Waals surface area contributed by atoms with Gasteiger partial charge in [-0.25, -0.2) is 0 Å². The van der Waals surface area contributed by atoms with Gasteiger partial charge in [-0.05, 0) is 42.5 Å². The molecule has 6 heteroatoms. The van der Waals surface area contributed by atoms with Crippen LogP contribution in [0.4, 0.5) is 51.7 Å². The molecule has 0 aromatic heterocycles. The number of benzene rings is 5. The van der Waals surface area contributed by atoms with Crippen LogP contribution in [0.5, 0.6) is 0 Å². The summed E-state index contributed by atoms with van der Waals surface area (Å²) in [6.07, 6.45) is 0. The number of rotatable bonds is 2. The average molecular weight is 509 g/mol. The molecule has 2 nitrogen and oxygen atoms in total. The zero-order chi connectivity index (χ0) is 26.1. The third-order valence-electron chi connectivity index (χ3n) is 7.28. The summed E-state index contributed by atoms with van der Waals surface area (Å²) in [6, 6.07) is 33.2. The molecule has 0 fully saturated rings. The Kier molecular flexibility index (Phi) is 4.73. The van der Waals surface area contributed by atoms with Crippen LogP contribution in [0.2, 0.25) is 0 Å². The summed E-state index contributed by atoms with van der Waals surface area (Å²) < 4.78 is 62.2. The Morgan fingerprint density at radius 3 is 0.974 bits per heavy atom. The molecule has 0 amide bonds. The molecule has 0 bridgehead atoms. The SMILES string of the molecule is FC1(F)c2ccccc2N(c2cccc(N3c4ccccc4C(F)(F)c4ccccc43)c2)c2ccccc21. The predicted octanol–water partition coefficient (Wildman–Crippen LogP) is 9.53. The molecule has 186 valence electrons. The summed E-state index contributed by atoms with van der Waals surface area (Å²) in [4.78, 5) is 3.61. The van der Waals surface area contributed by atoms with E-state index in [2.05, 4.69) is 0 Å². The predicted molar refractivity (Wildman–Crippen MR) is 142 cm³/mol. The minimum absolute atomic E-state index is 0.0857. The smallest absolute Gasteiger partial charge is 0.302 e. The van der Waals surface area contributed by atoms with Crippen LogP contribution in [0.1, 0.15) is 22.3 Å². The number of para-hydroxylation sites is 4. The molecule has 7 rings (SSSR count). The van der Waals surface area contributed by atoms with Crippen molar-refractivity contribution in [1.82, 2.24) is 0 Å². The van der Waals surface area contributed by atoms with Crippen LogP contribution in [-0.4, -0.2) is 0 Å². The van der Waals surface area contributed by atoms with Crippen LogP contribution in [0.3, 0.4) is 0 Å². The second-order valence-electron chi connectivity index (χ2n) is 9.41. The fourth-order valence-corrected chi connectivity index (χ4v) is 5.61. The quantitative estimate of drug-likeness (QED) is 0.219. The summed E-state index contributed by atoms with van der Waals surface area (Å²) in [6.45, 7) is 0. The van der Waals surface area contributed by atoms with Crippen LogP contribution in [-0.2, 0) is 11.8 Å². The maximum Gasteiger partial charge on any atom is 0.302 e. The lowest BCUT2D eigenvalue weighted by Gasteiger charge is -2.39. The van der Waals surface area contributed by atoms with Crippen LogP contribution in [0.25, 0.3) is 0 Å². The van der Waals surface area contributed by atoms with E-state index in [1.807, 2.05) is 34.1 Å². The lowest BCUT2D eigenvalue weighted by atomic mass is 9.90. The monoisotopic (exact) mass is 508 g/mol. The Balaban J connectivity index is 1.45. The molecular formula is C32H20F4N2. The van der Waals surface area contributed by atoms with E-state index in [0.717, 1.165) is 0 Å². The standard InChI is InChI=1S/C32H20F4N2/c33-31(34)23-12-1-5-16-27(23)37(28-17-6-2-13-24(28)31)21-10-9-11-22(20-21)38-29-18-7-3-14-25(29)32(35,36)26-15-4-8-19-30(26)38/h1-20H. The summed E-state index contributed by atoms with van der Waals surface area (Å²) in [5.74, 6) is -6.31. The van der Waals surface area contributed by atoms with Crippen LogP contribution >= 0.6 is 0 Å². The van der Waals surface area contributed by atoms with Gasteiger partial charge in [-0.15, -0.1) is 0 Å². The molecule has 0 radical (unpaired) electrons. The molecule has 0 N–H and O–H groups in total. The van der Waals surface area contributed by atoms with Gasteiger partial charge < -0.3 is 9.80 Å². The molecule has 2 aliphatic rings. The highest BCUT2D eigenvalue weighted by molar-refractivity contribution is 5.89. The third-order valence-corrected chi connectivity index (χ3v) is 7.28. The fraction of sp³-hybridized carbons (Fsp3) is 0.0625. The molecule has 0 aliphatic carbocycles. The maximum atomic E-state index is 15.5. The molecule has 0 saturated heterocycles. The molecule has 0 atom stereocenters. The Hall–Kier alpha value is -4.58. The van der Waals surface area contributed by atoms with Gasteiger partial charge in [0.1, 0.15) is 0 Å². The van der Waals surface area contributed by atoms with E-state index in [9.17, 15) is 0 Å². The van der Waals surface area contributed by atoms with Crippen molar-refractivity contribution >= 4 is 34.1 Å². The van der Waals surface area contributed by atoms with Crippen molar-refractivity contribution in [3.63, 3.8) is 0 Å². The van der Waals surface area contributed by atoms with Gasteiger partial charge in [0.05, 0.1) is 22.7 Å². The number of halogens is 4. The van der Waals surface area contributed by atoms with Gasteiger partial charge in [-0.3, -0.25) is 0 Å². The van der Waals surface area contributed by atoms with Crippen molar-refractivity contribution in [2.45, 2.75) is 11.8 Å². The first-order valence-electron chi connectivity index (χ1n) is 12.2. The van der Waals surface area contributed by atoms with E-state index in [1.165, 1.54) is 24.3 Å². The molecule has 2 aliphatic heterocycles. The topological polar surface area (TPSA) is 6.48 Å². The summed E-state index contributed by atoms with van der Waals surface area (Å²) in [7, 11) is 0. The highest BCUT2D eigenvalue weighted by atomic mass is 19.3. The van der Waals surface area contributed by atoms with Gasteiger partial charge in [-0.1, -0.05) is 78.9 Å². The van der Waals surface area contributed by atoms with Gasteiger partial charge >= 0.3 is 11.8 Å². The van der Waals surface area contributed by atoms with Gasteiger partial charge in [0, 0.05) is 33.6 Å². The van der Waals surface area contributed by atoms with E-state index in [0.29, 0.717) is 34.1 Å². The molecule has 0 unspecified atom stereocenters. The van der Waals surface area contributed by atoms with Crippen LogP contribution in [0.15, 0.2) is 121 Å². The Morgan fingerprint density at radius 2 is 0.658 bits per heavy atom. The summed E-state index contributed by atoms with van der Waals surface area (Å²) in [5.41, 5.74) is 2.44. The summed E-state index contributed by atoms with van der Waals surface area (Å²) in [5, 5.41) is 0. The van der Waals surface area contributed by atoms with Crippen molar-refractivity contribution in [2.24, 2.45) is 0 Å². The van der Waals surface area contributed by atoms with E-state index in [4.69, 9.17) is 0 Å². The number of fused-ring (bicyclic) bond motifs is 4. The lowest BCUT2D eigenvalue weighted by Crippen LogP contribution is -2.29. The molecule has 38 heavy (non-hydrogen) atoms. The zero-order valence-electron chi connectivity index (χ0n) is 20.0. The minimum Gasteiger partial charge on any atom is -0.309 e. The molecule has 0 spiro atoms. The Labute approximate surface area is 217 Å². The number of nitrogens with zero attached hydrogens (tertiary/aromatic N) is 2. The second kappa shape index (κ2) is 7.96. The molecular weight excluding hydrogens is 488 g/mol. The Bertz CT molecular complexity index is 1490. The van der Waals surface area contributed by atoms with Gasteiger partial charge in [0.2, 0.25) is 0 Å². The van der Waals surface area contributed by atoms with Crippen LogP contribution in [0, 0.1) is 0 Å². The van der Waals surface area contributed by atoms with Crippen LogP contribution < -0.4 is 9.80 Å². The van der Waals surface area contributed by atoms with E-state index in [-0.39, 0.29) is 22.3 Å². The molecule has 5 aromatic rings. The van der Waals surface area contributed by atoms with Gasteiger partial charge in [-0.2, -0.15) is 17.6 Å². The van der Waals surface area contributed by atoms with E-state index in [1.54, 1.807) is 72.8 Å². The lowest BCUT2D eigenvalue weighted by molar-refractivity contribution is 0.0419. The van der Waals surface area contributed by atoms with Gasteiger partial charge in [0.15, 0.2) is 0 Å². The number of alkyl halides is 4.